The van der Waals surface area contributed by atoms with Crippen molar-refractivity contribution in [1.29, 1.82) is 0 Å². The molecule has 38 heavy (non-hydrogen) atoms. The standard InChI is InChI=1S/C17H12F17NO2S/c1-2-35(8-9-6-4-3-5-7-9)38(36,37)17(33,34)15(28,29)13(24,25)11(20,21)10(18,19)12(22,23)14(26,27)16(30,31)32/h3-7H,2,8H2,1H3. The number of alkyl halides is 17. The lowest BCUT2D eigenvalue weighted by molar-refractivity contribution is -0.458. The van der Waals surface area contributed by atoms with Crippen LogP contribution in [0.15, 0.2) is 30.3 Å². The van der Waals surface area contributed by atoms with Gasteiger partial charge in [-0.25, -0.2) is 8.42 Å². The van der Waals surface area contributed by atoms with Crippen molar-refractivity contribution in [3.8, 4) is 0 Å². The molecule has 222 valence electrons. The summed E-state index contributed by atoms with van der Waals surface area (Å²) in [5, 5.41) is -7.56. The molecule has 1 aromatic rings. The first-order chi connectivity index (χ1) is 16.5. The molecule has 0 atom stereocenters. The minimum atomic E-state index is -8.85. The van der Waals surface area contributed by atoms with Gasteiger partial charge in [-0.3, -0.25) is 0 Å². The van der Waals surface area contributed by atoms with E-state index in [0.717, 1.165) is 24.3 Å². The van der Waals surface area contributed by atoms with Gasteiger partial charge in [-0.15, -0.1) is 0 Å². The van der Waals surface area contributed by atoms with Crippen molar-refractivity contribution in [1.82, 2.24) is 4.31 Å². The summed E-state index contributed by atoms with van der Waals surface area (Å²) in [5.41, 5.74) is -0.310. The molecule has 0 unspecified atom stereocenters. The lowest BCUT2D eigenvalue weighted by Crippen LogP contribution is -2.75. The summed E-state index contributed by atoms with van der Waals surface area (Å²) >= 11 is 0. The van der Waals surface area contributed by atoms with Crippen molar-refractivity contribution < 1.29 is 83.1 Å². The first kappa shape index (κ1) is 34.0. The second kappa shape index (κ2) is 9.54. The van der Waals surface area contributed by atoms with Gasteiger partial charge in [-0.1, -0.05) is 37.3 Å². The van der Waals surface area contributed by atoms with Crippen LogP contribution in [0, 0.1) is 0 Å². The maximum Gasteiger partial charge on any atom is 0.460 e. The van der Waals surface area contributed by atoms with Gasteiger partial charge in [0.2, 0.25) is 0 Å². The molecule has 0 fully saturated rings. The van der Waals surface area contributed by atoms with Crippen molar-refractivity contribution in [2.75, 3.05) is 6.54 Å². The van der Waals surface area contributed by atoms with Crippen LogP contribution in [0.25, 0.3) is 0 Å². The second-order valence-corrected chi connectivity index (χ2v) is 9.36. The number of hydrogen-bond donors (Lipinski definition) is 0. The molecule has 0 aromatic heterocycles. The van der Waals surface area contributed by atoms with E-state index in [4.69, 9.17) is 0 Å². The lowest BCUT2D eigenvalue weighted by Gasteiger charge is -2.43. The van der Waals surface area contributed by atoms with Crippen molar-refractivity contribution >= 4 is 10.0 Å². The van der Waals surface area contributed by atoms with Crippen LogP contribution in [0.1, 0.15) is 12.5 Å². The molecule has 0 spiro atoms. The number of benzene rings is 1. The lowest BCUT2D eigenvalue weighted by atomic mass is 9.91. The van der Waals surface area contributed by atoms with Crippen LogP contribution >= 0.6 is 0 Å². The minimum absolute atomic E-state index is 0.310. The van der Waals surface area contributed by atoms with Gasteiger partial charge in [0.15, 0.2) is 0 Å². The van der Waals surface area contributed by atoms with Crippen LogP contribution in [0.4, 0.5) is 74.6 Å². The van der Waals surface area contributed by atoms with Crippen molar-refractivity contribution in [3.05, 3.63) is 35.9 Å². The Kier molecular flexibility index (Phi) is 8.53. The van der Waals surface area contributed by atoms with Gasteiger partial charge in [0.25, 0.3) is 10.0 Å². The number of hydrogen-bond acceptors (Lipinski definition) is 2. The average Bonchev–Trinajstić information content (AvgIpc) is 2.76. The van der Waals surface area contributed by atoms with Crippen LogP contribution in [-0.2, 0) is 16.6 Å². The zero-order valence-electron chi connectivity index (χ0n) is 17.9. The van der Waals surface area contributed by atoms with Crippen LogP contribution < -0.4 is 0 Å². The third-order valence-electron chi connectivity index (χ3n) is 4.91. The van der Waals surface area contributed by atoms with Crippen molar-refractivity contribution in [3.63, 3.8) is 0 Å². The zero-order chi connectivity index (χ0) is 30.6. The fraction of sp³-hybridized carbons (Fsp3) is 0.647. The highest BCUT2D eigenvalue weighted by Crippen LogP contribution is 2.64. The van der Waals surface area contributed by atoms with E-state index in [1.807, 2.05) is 0 Å². The van der Waals surface area contributed by atoms with Gasteiger partial charge >= 0.3 is 47.0 Å². The van der Waals surface area contributed by atoms with E-state index >= 15 is 0 Å². The molecule has 1 aromatic carbocycles. The first-order valence-corrected chi connectivity index (χ1v) is 10.7. The Hall–Kier alpha value is -2.06. The zero-order valence-corrected chi connectivity index (χ0v) is 18.7. The molecule has 0 aliphatic rings. The summed E-state index contributed by atoms with van der Waals surface area (Å²) in [4.78, 5) is 0. The van der Waals surface area contributed by atoms with Crippen molar-refractivity contribution in [2.45, 2.75) is 60.4 Å². The van der Waals surface area contributed by atoms with Gasteiger partial charge < -0.3 is 0 Å². The molecule has 0 amide bonds. The van der Waals surface area contributed by atoms with Crippen LogP contribution in [0.2, 0.25) is 0 Å². The molecule has 0 saturated carbocycles. The topological polar surface area (TPSA) is 37.4 Å². The Bertz CT molecular complexity index is 1080. The number of halogens is 17. The van der Waals surface area contributed by atoms with Gasteiger partial charge in [0.1, 0.15) is 0 Å². The Morgan fingerprint density at radius 3 is 1.26 bits per heavy atom. The second-order valence-electron chi connectivity index (χ2n) is 7.38. The SMILES string of the molecule is CCN(Cc1ccccc1)S(=O)(=O)C(F)(F)C(F)(F)C(F)(F)C(F)(F)C(F)(F)C(F)(F)C(F)(F)C(F)(F)F. The van der Waals surface area contributed by atoms with Crippen LogP contribution in [-0.4, -0.2) is 66.2 Å². The van der Waals surface area contributed by atoms with E-state index < -0.39 is 74.4 Å². The molecular weight excluding hydrogens is 605 g/mol. The van der Waals surface area contributed by atoms with Crippen molar-refractivity contribution in [2.24, 2.45) is 0 Å². The van der Waals surface area contributed by atoms with Gasteiger partial charge in [0, 0.05) is 13.1 Å². The molecule has 1 rings (SSSR count). The Morgan fingerprint density at radius 1 is 0.579 bits per heavy atom. The van der Waals surface area contributed by atoms with Crippen LogP contribution in [0.5, 0.6) is 0 Å². The van der Waals surface area contributed by atoms with E-state index in [1.165, 1.54) is 6.07 Å². The predicted octanol–water partition coefficient (Wildman–Crippen LogP) is 6.81. The number of sulfonamides is 1. The van der Waals surface area contributed by atoms with E-state index in [2.05, 4.69) is 0 Å². The highest BCUT2D eigenvalue weighted by Gasteiger charge is 2.96. The summed E-state index contributed by atoms with van der Waals surface area (Å²) < 4.78 is 251. The maximum atomic E-state index is 14.3. The fourth-order valence-electron chi connectivity index (χ4n) is 2.63. The highest BCUT2D eigenvalue weighted by molar-refractivity contribution is 7.90. The molecule has 0 N–H and O–H groups in total. The van der Waals surface area contributed by atoms with E-state index in [-0.39, 0.29) is 5.56 Å². The first-order valence-electron chi connectivity index (χ1n) is 9.29. The fourth-order valence-corrected chi connectivity index (χ4v) is 4.06. The summed E-state index contributed by atoms with van der Waals surface area (Å²) in [5.74, 6) is -51.7. The summed E-state index contributed by atoms with van der Waals surface area (Å²) in [6.45, 7) is -2.02. The van der Waals surface area contributed by atoms with E-state index in [1.54, 1.807) is 0 Å². The molecular formula is C17H12F17NO2S. The largest absolute Gasteiger partial charge is 0.460 e. The Labute approximate surface area is 201 Å². The number of rotatable bonds is 11. The normalized spacial score (nSPS) is 15.8. The molecule has 21 heteroatoms. The third kappa shape index (κ3) is 4.55. The van der Waals surface area contributed by atoms with E-state index in [0.29, 0.717) is 6.92 Å². The average molecular weight is 617 g/mol. The molecule has 0 saturated heterocycles. The molecule has 0 heterocycles. The van der Waals surface area contributed by atoms with Gasteiger partial charge in [0.05, 0.1) is 0 Å². The smallest absolute Gasteiger partial charge is 0.206 e. The molecule has 0 aliphatic heterocycles. The van der Waals surface area contributed by atoms with E-state index in [9.17, 15) is 83.1 Å². The monoisotopic (exact) mass is 617 g/mol. The maximum absolute atomic E-state index is 14.3. The minimum Gasteiger partial charge on any atom is -0.206 e. The summed E-state index contributed by atoms with van der Waals surface area (Å²) in [6.07, 6.45) is -7.87. The Balaban J connectivity index is 3.72. The highest BCUT2D eigenvalue weighted by atomic mass is 32.2. The van der Waals surface area contributed by atoms with Gasteiger partial charge in [-0.2, -0.15) is 78.9 Å². The molecule has 0 aliphatic carbocycles. The summed E-state index contributed by atoms with van der Waals surface area (Å²) in [7, 11) is -7.31. The molecule has 0 bridgehead atoms. The molecule has 3 nitrogen and oxygen atoms in total. The van der Waals surface area contributed by atoms with Crippen LogP contribution in [0.3, 0.4) is 0 Å². The third-order valence-corrected chi connectivity index (χ3v) is 6.88. The van der Waals surface area contributed by atoms with Gasteiger partial charge in [-0.05, 0) is 5.56 Å². The summed E-state index contributed by atoms with van der Waals surface area (Å²) in [6, 6.07) is 5.42. The molecule has 0 radical (unpaired) electrons. The Morgan fingerprint density at radius 2 is 0.921 bits per heavy atom. The number of nitrogens with zero attached hydrogens (tertiary/aromatic N) is 1. The predicted molar refractivity (Wildman–Crippen MR) is 92.1 cm³/mol. The quantitative estimate of drug-likeness (QED) is 0.256.